The smallest absolute Gasteiger partial charge is 0.228 e. The van der Waals surface area contributed by atoms with E-state index in [0.717, 1.165) is 6.54 Å². The first-order chi connectivity index (χ1) is 17.0. The second-order valence-corrected chi connectivity index (χ2v) is 8.90. The molecule has 1 saturated carbocycles. The summed E-state index contributed by atoms with van der Waals surface area (Å²) in [5, 5.41) is 12.8. The minimum absolute atomic E-state index is 0.0207. The van der Waals surface area contributed by atoms with Crippen LogP contribution in [0.4, 0.5) is 11.8 Å². The molecule has 0 bridgehead atoms. The van der Waals surface area contributed by atoms with Crippen molar-refractivity contribution in [3.63, 3.8) is 0 Å². The van der Waals surface area contributed by atoms with E-state index in [1.165, 1.54) is 24.9 Å². The van der Waals surface area contributed by atoms with E-state index in [4.69, 9.17) is 9.26 Å². The molecule has 3 aromatic heterocycles. The summed E-state index contributed by atoms with van der Waals surface area (Å²) in [5.41, 5.74) is 6.04. The van der Waals surface area contributed by atoms with Gasteiger partial charge in [0, 0.05) is 37.6 Å². The Balaban J connectivity index is 1.29. The Labute approximate surface area is 203 Å². The average Bonchev–Trinajstić information content (AvgIpc) is 3.48. The Morgan fingerprint density at radius 2 is 2.11 bits per heavy atom. The summed E-state index contributed by atoms with van der Waals surface area (Å²) in [5.74, 6) is 2.85. The van der Waals surface area contributed by atoms with E-state index >= 15 is 0 Å². The van der Waals surface area contributed by atoms with Crippen LogP contribution in [-0.4, -0.2) is 75.5 Å². The molecule has 5 rings (SSSR count). The second-order valence-electron chi connectivity index (χ2n) is 8.90. The average molecular weight is 479 g/mol. The van der Waals surface area contributed by atoms with E-state index in [9.17, 15) is 0 Å². The summed E-state index contributed by atoms with van der Waals surface area (Å²) < 4.78 is 11.4. The van der Waals surface area contributed by atoms with Crippen molar-refractivity contribution in [3.8, 4) is 17.3 Å². The molecule has 3 N–H and O–H groups in total. The lowest BCUT2D eigenvalue weighted by molar-refractivity contribution is 0.253. The van der Waals surface area contributed by atoms with Crippen LogP contribution in [0, 0.1) is 5.92 Å². The van der Waals surface area contributed by atoms with E-state index in [1.54, 1.807) is 12.3 Å². The van der Waals surface area contributed by atoms with Crippen LogP contribution in [-0.2, 0) is 6.54 Å². The number of anilines is 2. The molecule has 1 aliphatic heterocycles. The van der Waals surface area contributed by atoms with Crippen molar-refractivity contribution in [1.29, 1.82) is 0 Å². The van der Waals surface area contributed by atoms with Crippen molar-refractivity contribution >= 4 is 11.8 Å². The summed E-state index contributed by atoms with van der Waals surface area (Å²) in [6.45, 7) is 1.65. The lowest BCUT2D eigenvalue weighted by Crippen LogP contribution is -2.39. The molecule has 0 aromatic carbocycles. The Morgan fingerprint density at radius 1 is 1.23 bits per heavy atom. The number of likely N-dealkylation sites (N-methyl/N-ethyl adjacent to an activating group) is 2. The standard InChI is InChI=1S/C23H30N10O2/c1-32(2)8-9-34-22-12-20(27-21-11-18(15-4-5-15)30-33(21)3)28-23(29-22)25-13-16-10-19(31-35-16)17-6-7-24-14-26-17/h6-7,10-12,14-15,21,30H,4-5,8-9,13H2,1-3H3,(H2,25,27,28,29). The van der Waals surface area contributed by atoms with Gasteiger partial charge in [0.2, 0.25) is 11.8 Å². The zero-order valence-corrected chi connectivity index (χ0v) is 20.1. The zero-order valence-electron chi connectivity index (χ0n) is 20.1. The molecule has 1 atom stereocenters. The van der Waals surface area contributed by atoms with Crippen LogP contribution in [0.15, 0.2) is 47.0 Å². The van der Waals surface area contributed by atoms with Gasteiger partial charge in [-0.2, -0.15) is 9.97 Å². The summed E-state index contributed by atoms with van der Waals surface area (Å²) in [4.78, 5) is 19.4. The van der Waals surface area contributed by atoms with Crippen LogP contribution in [0.2, 0.25) is 0 Å². The molecule has 12 heteroatoms. The first-order valence-corrected chi connectivity index (χ1v) is 11.6. The van der Waals surface area contributed by atoms with Gasteiger partial charge in [-0.1, -0.05) is 5.16 Å². The molecule has 1 aliphatic carbocycles. The summed E-state index contributed by atoms with van der Waals surface area (Å²) in [6.07, 6.45) is 7.82. The molecule has 1 fully saturated rings. The van der Waals surface area contributed by atoms with Gasteiger partial charge in [-0.25, -0.2) is 15.0 Å². The quantitative estimate of drug-likeness (QED) is 0.372. The molecular formula is C23H30N10O2. The molecule has 0 spiro atoms. The third-order valence-corrected chi connectivity index (χ3v) is 5.69. The van der Waals surface area contributed by atoms with E-state index in [-0.39, 0.29) is 6.17 Å². The molecular weight excluding hydrogens is 448 g/mol. The third-order valence-electron chi connectivity index (χ3n) is 5.69. The van der Waals surface area contributed by atoms with Gasteiger partial charge in [-0.3, -0.25) is 0 Å². The SMILES string of the molecule is CN(C)CCOc1cc(NC2C=C(C3CC3)NN2C)nc(NCc2cc(-c3ccncn3)no2)n1. The number of allylic oxidation sites excluding steroid dienone is 1. The van der Waals surface area contributed by atoms with Gasteiger partial charge < -0.3 is 30.2 Å². The Kier molecular flexibility index (Phi) is 6.73. The molecule has 4 heterocycles. The highest BCUT2D eigenvalue weighted by atomic mass is 16.5. The van der Waals surface area contributed by atoms with Crippen LogP contribution in [0.5, 0.6) is 5.88 Å². The molecule has 184 valence electrons. The number of hydrazine groups is 1. The van der Waals surface area contributed by atoms with E-state index < -0.39 is 0 Å². The fourth-order valence-corrected chi connectivity index (χ4v) is 3.61. The van der Waals surface area contributed by atoms with Crippen molar-refractivity contribution in [2.24, 2.45) is 5.92 Å². The van der Waals surface area contributed by atoms with Crippen LogP contribution < -0.4 is 20.8 Å². The van der Waals surface area contributed by atoms with E-state index in [1.807, 2.05) is 38.3 Å². The van der Waals surface area contributed by atoms with Crippen LogP contribution in [0.1, 0.15) is 18.6 Å². The zero-order chi connectivity index (χ0) is 24.2. The fourth-order valence-electron chi connectivity index (χ4n) is 3.61. The second kappa shape index (κ2) is 10.2. The molecule has 2 aliphatic rings. The van der Waals surface area contributed by atoms with Gasteiger partial charge >= 0.3 is 0 Å². The Bertz CT molecular complexity index is 1160. The van der Waals surface area contributed by atoms with Crippen molar-refractivity contribution in [3.05, 3.63) is 48.3 Å². The number of rotatable bonds is 11. The number of nitrogens with one attached hydrogen (secondary N) is 3. The molecule has 12 nitrogen and oxygen atoms in total. The maximum Gasteiger partial charge on any atom is 0.228 e. The number of hydrogen-bond acceptors (Lipinski definition) is 12. The van der Waals surface area contributed by atoms with Gasteiger partial charge in [0.25, 0.3) is 0 Å². The number of nitrogens with zero attached hydrogens (tertiary/aromatic N) is 7. The van der Waals surface area contributed by atoms with Crippen molar-refractivity contribution in [1.82, 2.24) is 40.4 Å². The molecule has 0 radical (unpaired) electrons. The molecule has 0 amide bonds. The van der Waals surface area contributed by atoms with Crippen LogP contribution >= 0.6 is 0 Å². The molecule has 1 unspecified atom stereocenters. The van der Waals surface area contributed by atoms with Gasteiger partial charge in [-0.05, 0) is 45.0 Å². The summed E-state index contributed by atoms with van der Waals surface area (Å²) >= 11 is 0. The molecule has 0 saturated heterocycles. The molecule has 3 aromatic rings. The molecule has 35 heavy (non-hydrogen) atoms. The predicted molar refractivity (Wildman–Crippen MR) is 130 cm³/mol. The Hall–Kier alpha value is -3.77. The van der Waals surface area contributed by atoms with Gasteiger partial charge in [0.1, 0.15) is 30.6 Å². The summed E-state index contributed by atoms with van der Waals surface area (Å²) in [6, 6.07) is 5.43. The lowest BCUT2D eigenvalue weighted by atomic mass is 10.3. The summed E-state index contributed by atoms with van der Waals surface area (Å²) in [7, 11) is 6.02. The topological polar surface area (TPSA) is 129 Å². The van der Waals surface area contributed by atoms with Gasteiger partial charge in [0.15, 0.2) is 5.76 Å². The fraction of sp³-hybridized carbons (Fsp3) is 0.435. The van der Waals surface area contributed by atoms with E-state index in [2.05, 4.69) is 52.1 Å². The normalized spacial score (nSPS) is 17.8. The minimum Gasteiger partial charge on any atom is -0.476 e. The van der Waals surface area contributed by atoms with Gasteiger partial charge in [-0.15, -0.1) is 0 Å². The highest BCUT2D eigenvalue weighted by Crippen LogP contribution is 2.37. The number of ether oxygens (including phenoxy) is 1. The Morgan fingerprint density at radius 3 is 2.89 bits per heavy atom. The van der Waals surface area contributed by atoms with Crippen molar-refractivity contribution in [2.45, 2.75) is 25.6 Å². The largest absolute Gasteiger partial charge is 0.476 e. The highest BCUT2D eigenvalue weighted by molar-refractivity contribution is 5.53. The first kappa shape index (κ1) is 23.0. The van der Waals surface area contributed by atoms with Crippen LogP contribution in [0.3, 0.4) is 0 Å². The predicted octanol–water partition coefficient (Wildman–Crippen LogP) is 1.96. The van der Waals surface area contributed by atoms with Crippen molar-refractivity contribution < 1.29 is 9.26 Å². The van der Waals surface area contributed by atoms with Crippen LogP contribution in [0.25, 0.3) is 11.4 Å². The van der Waals surface area contributed by atoms with E-state index in [0.29, 0.717) is 53.9 Å². The minimum atomic E-state index is -0.0207. The third kappa shape index (κ3) is 6.03. The number of aromatic nitrogens is 5. The maximum atomic E-state index is 5.91. The first-order valence-electron chi connectivity index (χ1n) is 11.6. The van der Waals surface area contributed by atoms with Crippen molar-refractivity contribution in [2.75, 3.05) is 44.9 Å². The number of hydrogen-bond donors (Lipinski definition) is 3. The van der Waals surface area contributed by atoms with Gasteiger partial charge in [0.05, 0.1) is 12.2 Å². The monoisotopic (exact) mass is 478 g/mol. The maximum absolute atomic E-state index is 5.91. The lowest BCUT2D eigenvalue weighted by Gasteiger charge is -2.22. The highest BCUT2D eigenvalue weighted by Gasteiger charge is 2.32.